The van der Waals surface area contributed by atoms with E-state index in [4.69, 9.17) is 4.74 Å². The maximum atomic E-state index is 12.3. The maximum absolute atomic E-state index is 12.3. The molecule has 8 heavy (non-hydrogen) atoms. The van der Waals surface area contributed by atoms with E-state index in [0.717, 1.165) is 0 Å². The van der Waals surface area contributed by atoms with Crippen LogP contribution in [0.25, 0.3) is 0 Å². The van der Waals surface area contributed by atoms with Gasteiger partial charge in [0.2, 0.25) is 0 Å². The summed E-state index contributed by atoms with van der Waals surface area (Å²) in [7, 11) is 0. The third kappa shape index (κ3) is 0.434. The van der Waals surface area contributed by atoms with Crippen molar-refractivity contribution in [2.24, 2.45) is 0 Å². The standard InChI is InChI=1S/C6H5FO/c7-4-2-1-3-5-6(4)8-5/h1-3,5-6H/t5-,6+/m0/s1. The van der Waals surface area contributed by atoms with Gasteiger partial charge >= 0.3 is 0 Å². The first kappa shape index (κ1) is 4.27. The zero-order valence-electron chi connectivity index (χ0n) is 4.17. The molecular weight excluding hydrogens is 107 g/mol. The molecule has 2 aliphatic rings. The quantitative estimate of drug-likeness (QED) is 0.428. The zero-order chi connectivity index (χ0) is 5.56. The number of hydrogen-bond donors (Lipinski definition) is 0. The largest absolute Gasteiger partial charge is 0.358 e. The Morgan fingerprint density at radius 3 is 3.12 bits per heavy atom. The normalized spacial score (nSPS) is 40.9. The van der Waals surface area contributed by atoms with Gasteiger partial charge in [-0.2, -0.15) is 0 Å². The van der Waals surface area contributed by atoms with E-state index >= 15 is 0 Å². The van der Waals surface area contributed by atoms with E-state index < -0.39 is 0 Å². The second-order valence-electron chi connectivity index (χ2n) is 1.96. The number of fused-ring (bicyclic) bond motifs is 1. The minimum Gasteiger partial charge on any atom is -0.358 e. The lowest BCUT2D eigenvalue weighted by Gasteiger charge is -1.88. The van der Waals surface area contributed by atoms with Crippen molar-refractivity contribution in [1.82, 2.24) is 0 Å². The third-order valence-electron chi connectivity index (χ3n) is 1.35. The summed E-state index contributed by atoms with van der Waals surface area (Å²) in [5.74, 6) is -0.141. The highest BCUT2D eigenvalue weighted by Crippen LogP contribution is 2.33. The van der Waals surface area contributed by atoms with Crippen LogP contribution in [0.3, 0.4) is 0 Å². The van der Waals surface area contributed by atoms with E-state index in [1.54, 1.807) is 6.08 Å². The number of epoxide rings is 1. The third-order valence-corrected chi connectivity index (χ3v) is 1.35. The average molecular weight is 112 g/mol. The van der Waals surface area contributed by atoms with Crippen molar-refractivity contribution in [2.45, 2.75) is 12.2 Å². The fourth-order valence-corrected chi connectivity index (χ4v) is 0.844. The van der Waals surface area contributed by atoms with Crippen LogP contribution in [-0.4, -0.2) is 12.2 Å². The molecule has 0 bridgehead atoms. The van der Waals surface area contributed by atoms with Gasteiger partial charge < -0.3 is 4.74 Å². The van der Waals surface area contributed by atoms with Gasteiger partial charge in [0.25, 0.3) is 0 Å². The number of allylic oxidation sites excluding steroid dienone is 2. The van der Waals surface area contributed by atoms with Crippen molar-refractivity contribution in [3.05, 3.63) is 24.1 Å². The van der Waals surface area contributed by atoms with Crippen LogP contribution in [0.4, 0.5) is 4.39 Å². The van der Waals surface area contributed by atoms with Crippen LogP contribution in [0.15, 0.2) is 24.1 Å². The number of ether oxygens (including phenoxy) is 1. The Labute approximate surface area is 46.5 Å². The molecule has 1 heterocycles. The Morgan fingerprint density at radius 2 is 2.50 bits per heavy atom. The van der Waals surface area contributed by atoms with Crippen LogP contribution < -0.4 is 0 Å². The first-order valence-corrected chi connectivity index (χ1v) is 2.57. The van der Waals surface area contributed by atoms with E-state index in [9.17, 15) is 4.39 Å². The minimum atomic E-state index is -0.222. The van der Waals surface area contributed by atoms with Gasteiger partial charge in [-0.1, -0.05) is 12.2 Å². The predicted octanol–water partition coefficient (Wildman–Crippen LogP) is 1.18. The molecule has 1 fully saturated rings. The van der Waals surface area contributed by atoms with E-state index in [-0.39, 0.29) is 18.0 Å². The van der Waals surface area contributed by atoms with E-state index in [1.807, 2.05) is 6.08 Å². The highest BCUT2D eigenvalue weighted by molar-refractivity contribution is 5.27. The molecule has 1 nitrogen and oxygen atoms in total. The molecule has 0 radical (unpaired) electrons. The van der Waals surface area contributed by atoms with Crippen LogP contribution in [-0.2, 0) is 4.74 Å². The molecule has 0 amide bonds. The van der Waals surface area contributed by atoms with Crippen LogP contribution in [0.1, 0.15) is 0 Å². The van der Waals surface area contributed by atoms with Gasteiger partial charge in [-0.15, -0.1) is 0 Å². The Bertz CT molecular complexity index is 171. The molecular formula is C6H5FO. The minimum absolute atomic E-state index is 0.0556. The van der Waals surface area contributed by atoms with Crippen molar-refractivity contribution in [3.63, 3.8) is 0 Å². The summed E-state index contributed by atoms with van der Waals surface area (Å²) in [4.78, 5) is 0. The molecule has 1 saturated heterocycles. The van der Waals surface area contributed by atoms with Crippen LogP contribution in [0.2, 0.25) is 0 Å². The second-order valence-corrected chi connectivity index (χ2v) is 1.96. The summed E-state index contributed by atoms with van der Waals surface area (Å²) in [5.41, 5.74) is 0. The molecule has 2 heteroatoms. The molecule has 0 aromatic rings. The summed E-state index contributed by atoms with van der Waals surface area (Å²) in [6.45, 7) is 0. The van der Waals surface area contributed by atoms with Crippen LogP contribution >= 0.6 is 0 Å². The molecule has 1 aliphatic heterocycles. The predicted molar refractivity (Wildman–Crippen MR) is 27.0 cm³/mol. The fourth-order valence-electron chi connectivity index (χ4n) is 0.844. The van der Waals surface area contributed by atoms with Gasteiger partial charge in [-0.3, -0.25) is 0 Å². The van der Waals surface area contributed by atoms with Crippen molar-refractivity contribution >= 4 is 0 Å². The fraction of sp³-hybridized carbons (Fsp3) is 0.333. The Kier molecular flexibility index (Phi) is 0.641. The highest BCUT2D eigenvalue weighted by atomic mass is 19.1. The van der Waals surface area contributed by atoms with Crippen molar-refractivity contribution in [1.29, 1.82) is 0 Å². The number of halogens is 1. The Morgan fingerprint density at radius 1 is 1.62 bits per heavy atom. The van der Waals surface area contributed by atoms with Gasteiger partial charge in [0.1, 0.15) is 18.0 Å². The lowest BCUT2D eigenvalue weighted by atomic mass is 10.2. The van der Waals surface area contributed by atoms with Crippen molar-refractivity contribution in [3.8, 4) is 0 Å². The molecule has 0 aromatic heterocycles. The highest BCUT2D eigenvalue weighted by Gasteiger charge is 2.41. The molecule has 0 N–H and O–H groups in total. The Balaban J connectivity index is 2.30. The first-order chi connectivity index (χ1) is 3.88. The summed E-state index contributed by atoms with van der Waals surface area (Å²) in [6.07, 6.45) is 4.81. The Hall–Kier alpha value is -0.630. The second kappa shape index (κ2) is 1.20. The smallest absolute Gasteiger partial charge is 0.139 e. The zero-order valence-corrected chi connectivity index (χ0v) is 4.17. The molecule has 2 rings (SSSR count). The molecule has 1 aliphatic carbocycles. The molecule has 0 saturated carbocycles. The number of rotatable bonds is 0. The van der Waals surface area contributed by atoms with Gasteiger partial charge in [0, 0.05) is 0 Å². The molecule has 0 spiro atoms. The van der Waals surface area contributed by atoms with Gasteiger partial charge in [0.15, 0.2) is 0 Å². The first-order valence-electron chi connectivity index (χ1n) is 2.57. The molecule has 42 valence electrons. The molecule has 0 aromatic carbocycles. The summed E-state index contributed by atoms with van der Waals surface area (Å²) in [6, 6.07) is 0. The monoisotopic (exact) mass is 112 g/mol. The molecule has 0 unspecified atom stereocenters. The van der Waals surface area contributed by atoms with Crippen LogP contribution in [0.5, 0.6) is 0 Å². The van der Waals surface area contributed by atoms with Crippen LogP contribution in [0, 0.1) is 0 Å². The number of hydrogen-bond acceptors (Lipinski definition) is 1. The topological polar surface area (TPSA) is 12.5 Å². The van der Waals surface area contributed by atoms with Gasteiger partial charge in [-0.25, -0.2) is 4.39 Å². The summed E-state index contributed by atoms with van der Waals surface area (Å²) in [5, 5.41) is 0. The van der Waals surface area contributed by atoms with E-state index in [1.165, 1.54) is 6.08 Å². The lowest BCUT2D eigenvalue weighted by molar-refractivity contribution is 0.383. The summed E-state index contributed by atoms with van der Waals surface area (Å²) < 4.78 is 17.2. The van der Waals surface area contributed by atoms with Gasteiger partial charge in [-0.05, 0) is 6.08 Å². The van der Waals surface area contributed by atoms with Crippen molar-refractivity contribution < 1.29 is 9.13 Å². The average Bonchev–Trinajstić information content (AvgIpc) is 2.45. The maximum Gasteiger partial charge on any atom is 0.139 e. The molecule has 2 atom stereocenters. The summed E-state index contributed by atoms with van der Waals surface area (Å²) >= 11 is 0. The van der Waals surface area contributed by atoms with E-state index in [0.29, 0.717) is 0 Å². The lowest BCUT2D eigenvalue weighted by Crippen LogP contribution is -1.93. The van der Waals surface area contributed by atoms with Gasteiger partial charge in [0.05, 0.1) is 0 Å². The van der Waals surface area contributed by atoms with Crippen molar-refractivity contribution in [2.75, 3.05) is 0 Å². The van der Waals surface area contributed by atoms with E-state index in [2.05, 4.69) is 0 Å². The SMILES string of the molecule is FC1=CC=C[C@@H]2O[C@H]12.